The Kier molecular flexibility index (Phi) is 8.12. The molecule has 2 amide bonds. The molecule has 10 nitrogen and oxygen atoms in total. The van der Waals surface area contributed by atoms with Crippen LogP contribution in [0.25, 0.3) is 0 Å². The molecule has 0 aromatic carbocycles. The molecule has 29 heavy (non-hydrogen) atoms. The lowest BCUT2D eigenvalue weighted by Gasteiger charge is -2.41. The number of aliphatic hydroxyl groups excluding tert-OH is 3. The predicted octanol–water partition coefficient (Wildman–Crippen LogP) is -1.89. The Morgan fingerprint density at radius 3 is 2.48 bits per heavy atom. The van der Waals surface area contributed by atoms with Crippen molar-refractivity contribution in [1.82, 2.24) is 10.2 Å². The largest absolute Gasteiger partial charge is 0.394 e. The Hall–Kier alpha value is -1.59. The third-order valence-corrected chi connectivity index (χ3v) is 6.07. The van der Waals surface area contributed by atoms with E-state index in [-0.39, 0.29) is 24.2 Å². The fourth-order valence-electron chi connectivity index (χ4n) is 4.07. The summed E-state index contributed by atoms with van der Waals surface area (Å²) in [6.07, 6.45) is -2.71. The number of ether oxygens (including phenoxy) is 1. The van der Waals surface area contributed by atoms with Crippen molar-refractivity contribution in [3.8, 4) is 0 Å². The molecule has 6 N–H and O–H groups in total. The fourth-order valence-corrected chi connectivity index (χ4v) is 4.07. The molecule has 4 unspecified atom stereocenters. The van der Waals surface area contributed by atoms with Gasteiger partial charge in [-0.15, -0.1) is 0 Å². The Labute approximate surface area is 170 Å². The number of carbonyl (C=O) groups is 3. The minimum Gasteiger partial charge on any atom is -0.394 e. The molecule has 0 saturated carbocycles. The zero-order valence-corrected chi connectivity index (χ0v) is 17.2. The van der Waals surface area contributed by atoms with Gasteiger partial charge in [0.05, 0.1) is 24.7 Å². The SMILES string of the molecule is CC(C(N)=O)C(=O)[C@@H]1CCCN1C(C)CC(=O)N[C@@H]1OC(CO)[C@H](O)[C@H](O)C1C. The van der Waals surface area contributed by atoms with Crippen LogP contribution in [-0.4, -0.2) is 87.6 Å². The van der Waals surface area contributed by atoms with Gasteiger partial charge in [0, 0.05) is 18.4 Å². The van der Waals surface area contributed by atoms with E-state index in [2.05, 4.69) is 5.32 Å². The lowest BCUT2D eigenvalue weighted by molar-refractivity contribution is -0.213. The summed E-state index contributed by atoms with van der Waals surface area (Å²) in [4.78, 5) is 38.4. The molecule has 2 saturated heterocycles. The highest BCUT2D eigenvalue weighted by atomic mass is 16.5. The number of primary amides is 1. The number of ketones is 1. The highest BCUT2D eigenvalue weighted by molar-refractivity contribution is 6.02. The monoisotopic (exact) mass is 415 g/mol. The van der Waals surface area contributed by atoms with Crippen LogP contribution in [0.4, 0.5) is 0 Å². The Balaban J connectivity index is 1.96. The number of aliphatic hydroxyl groups is 3. The maximum absolute atomic E-state index is 12.5. The number of likely N-dealkylation sites (tertiary alicyclic amines) is 1. The van der Waals surface area contributed by atoms with Crippen LogP contribution in [0.15, 0.2) is 0 Å². The second-order valence-corrected chi connectivity index (χ2v) is 8.16. The maximum atomic E-state index is 12.5. The molecule has 2 heterocycles. The molecule has 166 valence electrons. The van der Waals surface area contributed by atoms with E-state index < -0.39 is 54.9 Å². The third kappa shape index (κ3) is 5.32. The third-order valence-electron chi connectivity index (χ3n) is 6.07. The topological polar surface area (TPSA) is 162 Å². The van der Waals surface area contributed by atoms with E-state index in [4.69, 9.17) is 10.5 Å². The van der Waals surface area contributed by atoms with Gasteiger partial charge in [0.25, 0.3) is 0 Å². The minimum atomic E-state index is -1.23. The molecule has 0 spiro atoms. The van der Waals surface area contributed by atoms with Crippen LogP contribution in [-0.2, 0) is 19.1 Å². The van der Waals surface area contributed by atoms with E-state index in [0.29, 0.717) is 13.0 Å². The number of hydrogen-bond acceptors (Lipinski definition) is 8. The van der Waals surface area contributed by atoms with Gasteiger partial charge in [-0.2, -0.15) is 0 Å². The molecular weight excluding hydrogens is 382 g/mol. The number of nitrogens with two attached hydrogens (primary N) is 1. The average Bonchev–Trinajstić information content (AvgIpc) is 3.17. The molecule has 2 aliphatic rings. The van der Waals surface area contributed by atoms with Crippen molar-refractivity contribution in [2.24, 2.45) is 17.6 Å². The molecule has 0 radical (unpaired) electrons. The van der Waals surface area contributed by atoms with Gasteiger partial charge in [0.1, 0.15) is 18.4 Å². The van der Waals surface area contributed by atoms with Gasteiger partial charge in [0.15, 0.2) is 5.78 Å². The molecule has 2 aliphatic heterocycles. The molecular formula is C19H33N3O7. The summed E-state index contributed by atoms with van der Waals surface area (Å²) >= 11 is 0. The van der Waals surface area contributed by atoms with Crippen LogP contribution in [0.3, 0.4) is 0 Å². The summed E-state index contributed by atoms with van der Waals surface area (Å²) in [6, 6.07) is -0.699. The van der Waals surface area contributed by atoms with Crippen LogP contribution in [0.1, 0.15) is 40.0 Å². The summed E-state index contributed by atoms with van der Waals surface area (Å²) in [5.41, 5.74) is 5.26. The number of hydrogen-bond donors (Lipinski definition) is 5. The molecule has 10 heteroatoms. The number of nitrogens with zero attached hydrogens (tertiary/aromatic N) is 1. The van der Waals surface area contributed by atoms with Crippen LogP contribution in [0.5, 0.6) is 0 Å². The van der Waals surface area contributed by atoms with Gasteiger partial charge in [-0.1, -0.05) is 6.92 Å². The van der Waals surface area contributed by atoms with Crippen molar-refractivity contribution in [2.45, 2.75) is 76.7 Å². The van der Waals surface area contributed by atoms with E-state index in [0.717, 1.165) is 6.42 Å². The number of Topliss-reactive ketones (excluding diaryl/α,β-unsaturated/α-hetero) is 1. The lowest BCUT2D eigenvalue weighted by atomic mass is 9.91. The highest BCUT2D eigenvalue weighted by Crippen LogP contribution is 2.26. The van der Waals surface area contributed by atoms with Gasteiger partial charge in [-0.3, -0.25) is 19.3 Å². The first-order chi connectivity index (χ1) is 13.6. The van der Waals surface area contributed by atoms with Gasteiger partial charge in [-0.25, -0.2) is 0 Å². The van der Waals surface area contributed by atoms with E-state index in [9.17, 15) is 29.7 Å². The second-order valence-electron chi connectivity index (χ2n) is 8.16. The quantitative estimate of drug-likeness (QED) is 0.287. The zero-order chi connectivity index (χ0) is 21.9. The Morgan fingerprint density at radius 1 is 1.24 bits per heavy atom. The molecule has 2 fully saturated rings. The van der Waals surface area contributed by atoms with Crippen molar-refractivity contribution >= 4 is 17.6 Å². The van der Waals surface area contributed by atoms with Crippen LogP contribution in [0, 0.1) is 11.8 Å². The molecule has 0 aromatic rings. The summed E-state index contributed by atoms with van der Waals surface area (Å²) in [7, 11) is 0. The van der Waals surface area contributed by atoms with Crippen LogP contribution < -0.4 is 11.1 Å². The Morgan fingerprint density at radius 2 is 1.90 bits per heavy atom. The molecule has 2 rings (SSSR count). The number of carbonyl (C=O) groups excluding carboxylic acids is 3. The summed E-state index contributed by atoms with van der Waals surface area (Å²) in [5, 5.41) is 32.0. The first kappa shape index (κ1) is 23.7. The minimum absolute atomic E-state index is 0.0871. The normalized spacial score (nSPS) is 35.1. The Bertz CT molecular complexity index is 615. The smallest absolute Gasteiger partial charge is 0.227 e. The van der Waals surface area contributed by atoms with Gasteiger partial charge >= 0.3 is 0 Å². The molecule has 0 aliphatic carbocycles. The second kappa shape index (κ2) is 9.94. The predicted molar refractivity (Wildman–Crippen MR) is 102 cm³/mol. The lowest BCUT2D eigenvalue weighted by Crippen LogP contribution is -2.59. The van der Waals surface area contributed by atoms with E-state index in [1.165, 1.54) is 6.92 Å². The number of amides is 2. The maximum Gasteiger partial charge on any atom is 0.227 e. The van der Waals surface area contributed by atoms with Crippen LogP contribution >= 0.6 is 0 Å². The van der Waals surface area contributed by atoms with Crippen molar-refractivity contribution in [2.75, 3.05) is 13.2 Å². The zero-order valence-electron chi connectivity index (χ0n) is 17.2. The first-order valence-corrected chi connectivity index (χ1v) is 10.1. The van der Waals surface area contributed by atoms with Crippen molar-refractivity contribution in [1.29, 1.82) is 0 Å². The fraction of sp³-hybridized carbons (Fsp3) is 0.842. The molecule has 0 aromatic heterocycles. The van der Waals surface area contributed by atoms with Crippen molar-refractivity contribution < 1.29 is 34.4 Å². The highest BCUT2D eigenvalue weighted by Gasteiger charge is 2.43. The average molecular weight is 415 g/mol. The van der Waals surface area contributed by atoms with E-state index in [1.54, 1.807) is 6.92 Å². The van der Waals surface area contributed by atoms with Crippen molar-refractivity contribution in [3.63, 3.8) is 0 Å². The first-order valence-electron chi connectivity index (χ1n) is 10.1. The summed E-state index contributed by atoms with van der Waals surface area (Å²) in [6.45, 7) is 5.13. The molecule has 8 atom stereocenters. The van der Waals surface area contributed by atoms with Crippen molar-refractivity contribution in [3.05, 3.63) is 0 Å². The van der Waals surface area contributed by atoms with Gasteiger partial charge in [0.2, 0.25) is 11.8 Å². The van der Waals surface area contributed by atoms with Gasteiger partial charge < -0.3 is 31.1 Å². The van der Waals surface area contributed by atoms with Crippen LogP contribution in [0.2, 0.25) is 0 Å². The molecule has 0 bridgehead atoms. The summed E-state index contributed by atoms with van der Waals surface area (Å²) in [5.74, 6) is -2.66. The van der Waals surface area contributed by atoms with Gasteiger partial charge in [-0.05, 0) is 33.2 Å². The summed E-state index contributed by atoms with van der Waals surface area (Å²) < 4.78 is 5.51. The number of nitrogens with one attached hydrogen (secondary N) is 1. The van der Waals surface area contributed by atoms with E-state index >= 15 is 0 Å². The van der Waals surface area contributed by atoms with E-state index in [1.807, 2.05) is 11.8 Å². The number of rotatable bonds is 8. The standard InChI is InChI=1S/C19H33N3O7/c1-9(22-6-4-5-12(22)15(25)10(2)18(20)28)7-14(24)21-19-11(3)16(26)17(27)13(8-23)29-19/h9-13,16-17,19,23,26-27H,4-8H2,1-3H3,(H2,20,28)(H,21,24)/t9?,10?,11?,12-,13?,16+,17-,19+/m0/s1.